The summed E-state index contributed by atoms with van der Waals surface area (Å²) in [5.41, 5.74) is 5.12. The summed E-state index contributed by atoms with van der Waals surface area (Å²) >= 11 is 0. The Morgan fingerprint density at radius 2 is 2.06 bits per heavy atom. The largest absolute Gasteiger partial charge is 0.497 e. The first-order valence-electron chi connectivity index (χ1n) is 11.7. The summed E-state index contributed by atoms with van der Waals surface area (Å²) in [5.74, 6) is 1.69. The monoisotopic (exact) mass is 455 g/mol. The van der Waals surface area contributed by atoms with Gasteiger partial charge in [-0.3, -0.25) is 4.79 Å². The van der Waals surface area contributed by atoms with Crippen molar-refractivity contribution in [2.75, 3.05) is 25.1 Å². The number of methoxy groups -OCH3 is 1. The summed E-state index contributed by atoms with van der Waals surface area (Å²) in [4.78, 5) is 19.9. The van der Waals surface area contributed by atoms with E-state index in [0.29, 0.717) is 13.1 Å². The molecule has 174 valence electrons. The van der Waals surface area contributed by atoms with Crippen molar-refractivity contribution >= 4 is 17.2 Å². The number of carbonyl (C=O) groups is 1. The highest BCUT2D eigenvalue weighted by Crippen LogP contribution is 2.29. The van der Waals surface area contributed by atoms with Crippen molar-refractivity contribution in [1.29, 1.82) is 0 Å². The molecule has 2 aromatic carbocycles. The summed E-state index contributed by atoms with van der Waals surface area (Å²) in [6.45, 7) is 4.14. The molecule has 0 radical (unpaired) electrons. The summed E-state index contributed by atoms with van der Waals surface area (Å²) < 4.78 is 7.23. The molecule has 3 heterocycles. The van der Waals surface area contributed by atoms with Crippen LogP contribution in [0.5, 0.6) is 5.75 Å². The van der Waals surface area contributed by atoms with E-state index in [4.69, 9.17) is 9.84 Å². The van der Waals surface area contributed by atoms with Gasteiger partial charge in [0.15, 0.2) is 5.82 Å². The van der Waals surface area contributed by atoms with Crippen LogP contribution in [0.3, 0.4) is 0 Å². The predicted octanol–water partition coefficient (Wildman–Crippen LogP) is 4.25. The van der Waals surface area contributed by atoms with Gasteiger partial charge in [0.25, 0.3) is 0 Å². The quantitative estimate of drug-likeness (QED) is 0.471. The molecule has 0 spiro atoms. The average molecular weight is 456 g/mol. The van der Waals surface area contributed by atoms with E-state index in [0.717, 1.165) is 53.3 Å². The molecule has 0 unspecified atom stereocenters. The van der Waals surface area contributed by atoms with Crippen LogP contribution < -0.4 is 15.0 Å². The number of carbonyl (C=O) groups excluding carboxylic acids is 1. The fraction of sp³-hybridized carbons (Fsp3) is 0.296. The van der Waals surface area contributed by atoms with Gasteiger partial charge in [-0.05, 0) is 49.1 Å². The number of rotatable bonds is 6. The van der Waals surface area contributed by atoms with Gasteiger partial charge < -0.3 is 15.0 Å². The Labute approximate surface area is 199 Å². The van der Waals surface area contributed by atoms with Gasteiger partial charge in [-0.25, -0.2) is 9.50 Å². The third-order valence-corrected chi connectivity index (χ3v) is 6.54. The van der Waals surface area contributed by atoms with Gasteiger partial charge in [0.1, 0.15) is 11.3 Å². The third kappa shape index (κ3) is 4.46. The number of aromatic nitrogens is 3. The fourth-order valence-corrected chi connectivity index (χ4v) is 4.59. The summed E-state index contributed by atoms with van der Waals surface area (Å²) in [6, 6.07) is 18.1. The van der Waals surface area contributed by atoms with Gasteiger partial charge in [0, 0.05) is 37.6 Å². The number of hydrogen-bond donors (Lipinski definition) is 1. The molecule has 0 saturated carbocycles. The Kier molecular flexibility index (Phi) is 6.16. The van der Waals surface area contributed by atoms with Crippen LogP contribution in [0, 0.1) is 12.8 Å². The molecular weight excluding hydrogens is 426 g/mol. The normalized spacial score (nSPS) is 15.9. The highest BCUT2D eigenvalue weighted by Gasteiger charge is 2.28. The maximum atomic E-state index is 13.0. The summed E-state index contributed by atoms with van der Waals surface area (Å²) in [7, 11) is 1.66. The predicted molar refractivity (Wildman–Crippen MR) is 133 cm³/mol. The molecular formula is C27H29N5O2. The molecule has 2 aromatic heterocycles. The van der Waals surface area contributed by atoms with Crippen LogP contribution in [0.2, 0.25) is 0 Å². The van der Waals surface area contributed by atoms with Crippen molar-refractivity contribution < 1.29 is 9.53 Å². The van der Waals surface area contributed by atoms with Crippen molar-refractivity contribution in [2.45, 2.75) is 26.3 Å². The zero-order valence-corrected chi connectivity index (χ0v) is 19.6. The zero-order chi connectivity index (χ0) is 23.5. The Bertz CT molecular complexity index is 1320. The first kappa shape index (κ1) is 21.9. The van der Waals surface area contributed by atoms with Crippen molar-refractivity contribution in [2.24, 2.45) is 5.92 Å². The number of hydrogen-bond acceptors (Lipinski definition) is 5. The minimum atomic E-state index is -0.0689. The van der Waals surface area contributed by atoms with Gasteiger partial charge >= 0.3 is 0 Å². The third-order valence-electron chi connectivity index (χ3n) is 6.54. The van der Waals surface area contributed by atoms with E-state index < -0.39 is 0 Å². The molecule has 34 heavy (non-hydrogen) atoms. The number of nitrogens with one attached hydrogen (secondary N) is 1. The number of amides is 1. The molecule has 7 heteroatoms. The maximum Gasteiger partial charge on any atom is 0.225 e. The van der Waals surface area contributed by atoms with Gasteiger partial charge in [-0.15, -0.1) is 0 Å². The van der Waals surface area contributed by atoms with E-state index in [-0.39, 0.29) is 11.8 Å². The molecule has 1 N–H and O–H groups in total. The van der Waals surface area contributed by atoms with Crippen LogP contribution in [0.4, 0.5) is 5.82 Å². The van der Waals surface area contributed by atoms with Crippen molar-refractivity contribution in [1.82, 2.24) is 19.9 Å². The van der Waals surface area contributed by atoms with Gasteiger partial charge in [0.2, 0.25) is 5.91 Å². The molecule has 1 saturated heterocycles. The molecule has 0 aliphatic carbocycles. The SMILES string of the molecule is COc1cccc(-c2cc3c(N4CCC[C@H](C(=O)NCc5ccccc5C)C4)nccn3n2)c1. The van der Waals surface area contributed by atoms with E-state index in [2.05, 4.69) is 40.3 Å². The van der Waals surface area contributed by atoms with Crippen LogP contribution in [0.25, 0.3) is 16.8 Å². The number of nitrogens with zero attached hydrogens (tertiary/aromatic N) is 4. The maximum absolute atomic E-state index is 13.0. The topological polar surface area (TPSA) is 71.8 Å². The number of aryl methyl sites for hydroxylation is 1. The molecule has 1 aliphatic heterocycles. The van der Waals surface area contributed by atoms with Crippen LogP contribution >= 0.6 is 0 Å². The van der Waals surface area contributed by atoms with Crippen LogP contribution in [-0.4, -0.2) is 40.7 Å². The number of benzene rings is 2. The lowest BCUT2D eigenvalue weighted by Crippen LogP contribution is -2.43. The van der Waals surface area contributed by atoms with Crippen molar-refractivity contribution in [3.63, 3.8) is 0 Å². The Balaban J connectivity index is 1.34. The van der Waals surface area contributed by atoms with Gasteiger partial charge in [-0.2, -0.15) is 5.10 Å². The standard InChI is InChI=1S/C27H29N5O2/c1-19-7-3-4-8-21(19)17-29-27(33)22-10-6-13-31(18-22)26-25-16-24(30-32(25)14-12-28-26)20-9-5-11-23(15-20)34-2/h3-5,7-9,11-12,14-16,22H,6,10,13,17-18H2,1-2H3,(H,29,33)/t22-/m0/s1. The molecule has 4 aromatic rings. The summed E-state index contributed by atoms with van der Waals surface area (Å²) in [6.07, 6.45) is 5.46. The highest BCUT2D eigenvalue weighted by atomic mass is 16.5. The van der Waals surface area contributed by atoms with Crippen molar-refractivity contribution in [3.8, 4) is 17.0 Å². The van der Waals surface area contributed by atoms with Crippen molar-refractivity contribution in [3.05, 3.63) is 78.1 Å². The highest BCUT2D eigenvalue weighted by molar-refractivity contribution is 5.81. The number of fused-ring (bicyclic) bond motifs is 1. The van der Waals surface area contributed by atoms with Gasteiger partial charge in [0.05, 0.1) is 18.7 Å². The van der Waals surface area contributed by atoms with E-state index in [9.17, 15) is 4.79 Å². The number of ether oxygens (including phenoxy) is 1. The molecule has 1 aliphatic rings. The Morgan fingerprint density at radius 1 is 1.18 bits per heavy atom. The number of piperidine rings is 1. The van der Waals surface area contributed by atoms with E-state index in [1.54, 1.807) is 13.3 Å². The van der Waals surface area contributed by atoms with E-state index in [1.165, 1.54) is 5.56 Å². The molecule has 0 bridgehead atoms. The molecule has 1 fully saturated rings. The minimum Gasteiger partial charge on any atom is -0.497 e. The summed E-state index contributed by atoms with van der Waals surface area (Å²) in [5, 5.41) is 7.89. The first-order chi connectivity index (χ1) is 16.6. The Hall–Kier alpha value is -3.87. The minimum absolute atomic E-state index is 0.0689. The molecule has 7 nitrogen and oxygen atoms in total. The zero-order valence-electron chi connectivity index (χ0n) is 19.6. The average Bonchev–Trinajstić information content (AvgIpc) is 3.33. The van der Waals surface area contributed by atoms with Crippen LogP contribution in [0.15, 0.2) is 67.0 Å². The first-order valence-corrected chi connectivity index (χ1v) is 11.7. The lowest BCUT2D eigenvalue weighted by Gasteiger charge is -2.33. The molecule has 5 rings (SSSR count). The van der Waals surface area contributed by atoms with E-state index in [1.807, 2.05) is 47.1 Å². The number of anilines is 1. The van der Waals surface area contributed by atoms with Crippen LogP contribution in [-0.2, 0) is 11.3 Å². The lowest BCUT2D eigenvalue weighted by molar-refractivity contribution is -0.125. The van der Waals surface area contributed by atoms with E-state index >= 15 is 0 Å². The molecule has 1 atom stereocenters. The lowest BCUT2D eigenvalue weighted by atomic mass is 9.96. The smallest absolute Gasteiger partial charge is 0.225 e. The Morgan fingerprint density at radius 3 is 2.91 bits per heavy atom. The molecule has 1 amide bonds. The second-order valence-corrected chi connectivity index (χ2v) is 8.77. The van der Waals surface area contributed by atoms with Gasteiger partial charge in [-0.1, -0.05) is 36.4 Å². The van der Waals surface area contributed by atoms with Crippen LogP contribution in [0.1, 0.15) is 24.0 Å². The fourth-order valence-electron chi connectivity index (χ4n) is 4.59. The second-order valence-electron chi connectivity index (χ2n) is 8.77. The second kappa shape index (κ2) is 9.55.